The molecule has 0 atom stereocenters. The lowest BCUT2D eigenvalue weighted by Gasteiger charge is -2.40. The van der Waals surface area contributed by atoms with Gasteiger partial charge in [0.05, 0.1) is 13.2 Å². The van der Waals surface area contributed by atoms with Crippen molar-refractivity contribution in [3.8, 4) is 0 Å². The zero-order chi connectivity index (χ0) is 13.0. The van der Waals surface area contributed by atoms with Crippen LogP contribution in [0.15, 0.2) is 0 Å². The number of hydrogen-bond donors (Lipinski definition) is 0. The molecule has 18 heavy (non-hydrogen) atoms. The van der Waals surface area contributed by atoms with Gasteiger partial charge in [0.25, 0.3) is 0 Å². The highest BCUT2D eigenvalue weighted by Crippen LogP contribution is 2.19. The number of nitrogens with zero attached hydrogens (tertiary/aromatic N) is 2. The first-order chi connectivity index (χ1) is 8.69. The van der Waals surface area contributed by atoms with Crippen LogP contribution < -0.4 is 0 Å². The Kier molecular flexibility index (Phi) is 5.01. The number of piperidine rings is 1. The Morgan fingerprint density at radius 3 is 2.56 bits per heavy atom. The Hall–Kier alpha value is -0.610. The second-order valence-electron chi connectivity index (χ2n) is 5.78. The van der Waals surface area contributed by atoms with E-state index < -0.39 is 0 Å². The molecule has 2 aliphatic heterocycles. The van der Waals surface area contributed by atoms with Gasteiger partial charge in [-0.05, 0) is 38.8 Å². The third-order valence-corrected chi connectivity index (χ3v) is 4.10. The maximum absolute atomic E-state index is 12.0. The van der Waals surface area contributed by atoms with Gasteiger partial charge in [-0.15, -0.1) is 0 Å². The average molecular weight is 254 g/mol. The van der Waals surface area contributed by atoms with Gasteiger partial charge in [-0.3, -0.25) is 9.69 Å². The van der Waals surface area contributed by atoms with Crippen molar-refractivity contribution < 1.29 is 9.53 Å². The van der Waals surface area contributed by atoms with E-state index in [0.717, 1.165) is 45.3 Å². The summed E-state index contributed by atoms with van der Waals surface area (Å²) in [6.07, 6.45) is 2.47. The molecule has 104 valence electrons. The SMILES string of the molecule is CCOCC1CN(C(=O)CN2CCC(C)CC2)C1. The van der Waals surface area contributed by atoms with Crippen LogP contribution in [0, 0.1) is 11.8 Å². The Morgan fingerprint density at radius 2 is 1.94 bits per heavy atom. The van der Waals surface area contributed by atoms with Gasteiger partial charge in [0.15, 0.2) is 0 Å². The number of hydrogen-bond acceptors (Lipinski definition) is 3. The summed E-state index contributed by atoms with van der Waals surface area (Å²) in [6, 6.07) is 0. The third kappa shape index (κ3) is 3.69. The van der Waals surface area contributed by atoms with Crippen LogP contribution in [0.5, 0.6) is 0 Å². The summed E-state index contributed by atoms with van der Waals surface area (Å²) in [6.45, 7) is 10.5. The Morgan fingerprint density at radius 1 is 1.28 bits per heavy atom. The highest BCUT2D eigenvalue weighted by Gasteiger charge is 2.31. The van der Waals surface area contributed by atoms with Gasteiger partial charge in [0, 0.05) is 25.6 Å². The first-order valence-electron chi connectivity index (χ1n) is 7.27. The minimum atomic E-state index is 0.303. The van der Waals surface area contributed by atoms with Gasteiger partial charge in [0.2, 0.25) is 5.91 Å². The summed E-state index contributed by atoms with van der Waals surface area (Å²) in [5.41, 5.74) is 0. The second kappa shape index (κ2) is 6.53. The van der Waals surface area contributed by atoms with E-state index in [4.69, 9.17) is 4.74 Å². The normalized spacial score (nSPS) is 23.1. The summed E-state index contributed by atoms with van der Waals surface area (Å²) in [7, 11) is 0. The molecule has 0 aromatic heterocycles. The molecule has 0 N–H and O–H groups in total. The summed E-state index contributed by atoms with van der Waals surface area (Å²) in [5, 5.41) is 0. The van der Waals surface area contributed by atoms with Crippen LogP contribution in [-0.4, -0.2) is 61.6 Å². The van der Waals surface area contributed by atoms with Crippen LogP contribution in [-0.2, 0) is 9.53 Å². The van der Waals surface area contributed by atoms with E-state index in [2.05, 4.69) is 11.8 Å². The van der Waals surface area contributed by atoms with Gasteiger partial charge in [-0.2, -0.15) is 0 Å². The fourth-order valence-electron chi connectivity index (χ4n) is 2.67. The van der Waals surface area contributed by atoms with Crippen molar-refractivity contribution in [3.63, 3.8) is 0 Å². The molecule has 1 amide bonds. The number of carbonyl (C=O) groups excluding carboxylic acids is 1. The third-order valence-electron chi connectivity index (χ3n) is 4.10. The van der Waals surface area contributed by atoms with E-state index in [1.807, 2.05) is 11.8 Å². The fourth-order valence-corrected chi connectivity index (χ4v) is 2.67. The zero-order valence-corrected chi connectivity index (χ0v) is 11.7. The van der Waals surface area contributed by atoms with Crippen molar-refractivity contribution in [3.05, 3.63) is 0 Å². The second-order valence-corrected chi connectivity index (χ2v) is 5.78. The van der Waals surface area contributed by atoms with Crippen LogP contribution >= 0.6 is 0 Å². The van der Waals surface area contributed by atoms with Gasteiger partial charge in [0.1, 0.15) is 0 Å². The first kappa shape index (κ1) is 13.8. The van der Waals surface area contributed by atoms with Crippen molar-refractivity contribution >= 4 is 5.91 Å². The molecule has 4 heteroatoms. The summed E-state index contributed by atoms with van der Waals surface area (Å²) >= 11 is 0. The lowest BCUT2D eigenvalue weighted by Crippen LogP contribution is -2.54. The van der Waals surface area contributed by atoms with Crippen LogP contribution in [0.2, 0.25) is 0 Å². The Bertz CT molecular complexity index is 269. The van der Waals surface area contributed by atoms with E-state index in [1.165, 1.54) is 12.8 Å². The molecule has 0 radical (unpaired) electrons. The maximum Gasteiger partial charge on any atom is 0.236 e. The molecule has 0 saturated carbocycles. The first-order valence-corrected chi connectivity index (χ1v) is 7.27. The molecule has 0 aliphatic carbocycles. The van der Waals surface area contributed by atoms with E-state index in [9.17, 15) is 4.79 Å². The van der Waals surface area contributed by atoms with E-state index in [1.54, 1.807) is 0 Å². The van der Waals surface area contributed by atoms with E-state index in [-0.39, 0.29) is 0 Å². The number of carbonyl (C=O) groups is 1. The molecule has 2 heterocycles. The van der Waals surface area contributed by atoms with Gasteiger partial charge in [-0.1, -0.05) is 6.92 Å². The smallest absolute Gasteiger partial charge is 0.236 e. The molecule has 0 aromatic rings. The molecule has 2 aliphatic rings. The molecule has 2 saturated heterocycles. The maximum atomic E-state index is 12.0. The molecular weight excluding hydrogens is 228 g/mol. The number of likely N-dealkylation sites (tertiary alicyclic amines) is 2. The van der Waals surface area contributed by atoms with Crippen LogP contribution in [0.1, 0.15) is 26.7 Å². The van der Waals surface area contributed by atoms with Crippen molar-refractivity contribution in [1.29, 1.82) is 0 Å². The minimum Gasteiger partial charge on any atom is -0.381 e. The number of amides is 1. The lowest BCUT2D eigenvalue weighted by atomic mass is 9.98. The van der Waals surface area contributed by atoms with Gasteiger partial charge >= 0.3 is 0 Å². The standard InChI is InChI=1S/C14H26N2O2/c1-3-18-11-13-8-16(9-13)14(17)10-15-6-4-12(2)5-7-15/h12-13H,3-11H2,1-2H3. The highest BCUT2D eigenvalue weighted by atomic mass is 16.5. The summed E-state index contributed by atoms with van der Waals surface area (Å²) in [5.74, 6) is 1.70. The topological polar surface area (TPSA) is 32.8 Å². The fraction of sp³-hybridized carbons (Fsp3) is 0.929. The number of ether oxygens (including phenoxy) is 1. The molecule has 2 fully saturated rings. The molecule has 0 unspecified atom stereocenters. The largest absolute Gasteiger partial charge is 0.381 e. The average Bonchev–Trinajstić information content (AvgIpc) is 2.30. The monoisotopic (exact) mass is 254 g/mol. The Balaban J connectivity index is 1.61. The van der Waals surface area contributed by atoms with Crippen LogP contribution in [0.4, 0.5) is 0 Å². The predicted molar refractivity (Wildman–Crippen MR) is 71.4 cm³/mol. The minimum absolute atomic E-state index is 0.303. The quantitative estimate of drug-likeness (QED) is 0.739. The van der Waals surface area contributed by atoms with Crippen molar-refractivity contribution in [2.75, 3.05) is 45.9 Å². The van der Waals surface area contributed by atoms with Crippen LogP contribution in [0.3, 0.4) is 0 Å². The van der Waals surface area contributed by atoms with E-state index in [0.29, 0.717) is 18.4 Å². The summed E-state index contributed by atoms with van der Waals surface area (Å²) in [4.78, 5) is 16.3. The van der Waals surface area contributed by atoms with Crippen molar-refractivity contribution in [1.82, 2.24) is 9.80 Å². The van der Waals surface area contributed by atoms with E-state index >= 15 is 0 Å². The molecule has 0 bridgehead atoms. The lowest BCUT2D eigenvalue weighted by molar-refractivity contribution is -0.140. The van der Waals surface area contributed by atoms with Crippen molar-refractivity contribution in [2.24, 2.45) is 11.8 Å². The van der Waals surface area contributed by atoms with Gasteiger partial charge in [-0.25, -0.2) is 0 Å². The molecule has 4 nitrogen and oxygen atoms in total. The molecule has 0 spiro atoms. The summed E-state index contributed by atoms with van der Waals surface area (Å²) < 4.78 is 5.38. The highest BCUT2D eigenvalue weighted by molar-refractivity contribution is 5.79. The zero-order valence-electron chi connectivity index (χ0n) is 11.7. The number of rotatable bonds is 5. The molecule has 2 rings (SSSR count). The molecule has 0 aromatic carbocycles. The molecular formula is C14H26N2O2. The Labute approximate surface area is 110 Å². The van der Waals surface area contributed by atoms with Crippen LogP contribution in [0.25, 0.3) is 0 Å². The van der Waals surface area contributed by atoms with Gasteiger partial charge < -0.3 is 9.64 Å². The van der Waals surface area contributed by atoms with Crippen molar-refractivity contribution in [2.45, 2.75) is 26.7 Å². The predicted octanol–water partition coefficient (Wildman–Crippen LogP) is 1.21.